The van der Waals surface area contributed by atoms with Crippen LogP contribution in [0.25, 0.3) is 12.2 Å². The van der Waals surface area contributed by atoms with Gasteiger partial charge in [0, 0.05) is 18.2 Å². The maximum absolute atomic E-state index is 12.4. The molecule has 0 spiro atoms. The Labute approximate surface area is 258 Å². The van der Waals surface area contributed by atoms with E-state index >= 15 is 0 Å². The van der Waals surface area contributed by atoms with Gasteiger partial charge in [0.1, 0.15) is 30.4 Å². The maximum atomic E-state index is 12.4. The van der Waals surface area contributed by atoms with Crippen molar-refractivity contribution < 1.29 is 28.8 Å². The number of benzene rings is 2. The molecule has 13 nitrogen and oxygen atoms in total. The average Bonchev–Trinajstić information content (AvgIpc) is 3.71. The number of aromatic nitrogens is 5. The van der Waals surface area contributed by atoms with Crippen molar-refractivity contribution in [3.63, 3.8) is 0 Å². The fourth-order valence-electron chi connectivity index (χ4n) is 4.86. The molecule has 0 saturated carbocycles. The summed E-state index contributed by atoms with van der Waals surface area (Å²) >= 11 is 0. The van der Waals surface area contributed by atoms with Crippen molar-refractivity contribution >= 4 is 17.9 Å². The number of ketones is 1. The van der Waals surface area contributed by atoms with Crippen LogP contribution >= 0.6 is 0 Å². The van der Waals surface area contributed by atoms with E-state index in [4.69, 9.17) is 18.9 Å². The largest absolute Gasteiger partial charge is 0.497 e. The van der Waals surface area contributed by atoms with Crippen molar-refractivity contribution in [3.05, 3.63) is 110 Å². The molecule has 1 saturated heterocycles. The number of aliphatic hydroxyl groups excluding tert-OH is 1. The van der Waals surface area contributed by atoms with Gasteiger partial charge in [0.05, 0.1) is 33.1 Å². The van der Waals surface area contributed by atoms with E-state index in [0.29, 0.717) is 29.2 Å². The number of hydrogen-bond acceptors (Lipinski definition) is 10. The maximum Gasteiger partial charge on any atom is 0.330 e. The van der Waals surface area contributed by atoms with Gasteiger partial charge in [-0.05, 0) is 54.5 Å². The predicted molar refractivity (Wildman–Crippen MR) is 164 cm³/mol. The number of carbonyl (C=O) groups excluding carboxylic acids is 1. The quantitative estimate of drug-likeness (QED) is 0.227. The normalized spacial score (nSPS) is 18.1. The molecular weight excluding hydrogens is 582 g/mol. The highest BCUT2D eigenvalue weighted by Crippen LogP contribution is 2.36. The Morgan fingerprint density at radius 2 is 1.78 bits per heavy atom. The van der Waals surface area contributed by atoms with Gasteiger partial charge in [-0.3, -0.25) is 19.1 Å². The molecule has 45 heavy (non-hydrogen) atoms. The fraction of sp³-hybridized carbons (Fsp3) is 0.281. The molecule has 0 bridgehead atoms. The Balaban J connectivity index is 1.20. The smallest absolute Gasteiger partial charge is 0.330 e. The first-order valence-corrected chi connectivity index (χ1v) is 14.1. The van der Waals surface area contributed by atoms with Crippen LogP contribution in [0.1, 0.15) is 41.1 Å². The van der Waals surface area contributed by atoms with Gasteiger partial charge in [-0.25, -0.2) is 9.48 Å². The van der Waals surface area contributed by atoms with Gasteiger partial charge in [-0.2, -0.15) is 0 Å². The van der Waals surface area contributed by atoms with Crippen LogP contribution < -0.4 is 25.5 Å². The van der Waals surface area contributed by atoms with Crippen molar-refractivity contribution in [1.29, 1.82) is 0 Å². The number of ether oxygens (including phenoxy) is 4. The van der Waals surface area contributed by atoms with E-state index in [1.165, 1.54) is 30.0 Å². The highest BCUT2D eigenvalue weighted by Gasteiger charge is 2.38. The minimum atomic E-state index is -0.698. The molecule has 0 amide bonds. The zero-order valence-electron chi connectivity index (χ0n) is 25.0. The minimum absolute atomic E-state index is 0.0829. The molecule has 5 rings (SSSR count). The van der Waals surface area contributed by atoms with E-state index in [0.717, 1.165) is 16.9 Å². The summed E-state index contributed by atoms with van der Waals surface area (Å²) in [5.41, 5.74) is 1.47. The number of allylic oxidation sites excluding steroid dienone is 2. The number of aliphatic hydroxyl groups is 1. The van der Waals surface area contributed by atoms with E-state index in [1.54, 1.807) is 55.3 Å². The van der Waals surface area contributed by atoms with Gasteiger partial charge in [0.2, 0.25) is 0 Å². The summed E-state index contributed by atoms with van der Waals surface area (Å²) in [6.45, 7) is 1.38. The van der Waals surface area contributed by atoms with E-state index in [2.05, 4.69) is 15.3 Å². The molecule has 2 aromatic carbocycles. The third-order valence-electron chi connectivity index (χ3n) is 7.30. The lowest BCUT2D eigenvalue weighted by Gasteiger charge is -2.15. The summed E-state index contributed by atoms with van der Waals surface area (Å²) in [6, 6.07) is 12.3. The molecule has 1 aliphatic rings. The lowest BCUT2D eigenvalue weighted by Crippen LogP contribution is -2.33. The number of aryl methyl sites for hydroxylation is 1. The highest BCUT2D eigenvalue weighted by molar-refractivity contribution is 6.04. The van der Waals surface area contributed by atoms with Crippen LogP contribution in [0.2, 0.25) is 0 Å². The van der Waals surface area contributed by atoms with Crippen LogP contribution in [0.15, 0.2) is 76.6 Å². The molecule has 0 unspecified atom stereocenters. The zero-order chi connectivity index (χ0) is 31.9. The number of nitrogens with zero attached hydrogens (tertiary/aromatic N) is 4. The Bertz CT molecular complexity index is 1820. The van der Waals surface area contributed by atoms with E-state index in [-0.39, 0.29) is 19.0 Å². The molecule has 0 radical (unpaired) electrons. The Morgan fingerprint density at radius 3 is 2.49 bits per heavy atom. The van der Waals surface area contributed by atoms with E-state index in [1.807, 2.05) is 24.3 Å². The molecule has 13 heteroatoms. The number of rotatable bonds is 12. The molecule has 1 aliphatic heterocycles. The molecular formula is C32H33N5O8. The summed E-state index contributed by atoms with van der Waals surface area (Å²) in [5.74, 6) is 1.52. The number of methoxy groups -OCH3 is 2. The third kappa shape index (κ3) is 7.45. The molecule has 234 valence electrons. The van der Waals surface area contributed by atoms with Crippen molar-refractivity contribution in [3.8, 4) is 17.2 Å². The molecule has 1 fully saturated rings. The second kappa shape index (κ2) is 14.0. The monoisotopic (exact) mass is 615 g/mol. The van der Waals surface area contributed by atoms with Crippen molar-refractivity contribution in [2.75, 3.05) is 20.8 Å². The summed E-state index contributed by atoms with van der Waals surface area (Å²) in [6.07, 6.45) is 8.50. The lowest BCUT2D eigenvalue weighted by atomic mass is 10.1. The number of carbonyl (C=O) groups is 1. The predicted octanol–water partition coefficient (Wildman–Crippen LogP) is 2.85. The Morgan fingerprint density at radius 1 is 1.04 bits per heavy atom. The van der Waals surface area contributed by atoms with Gasteiger partial charge in [0.15, 0.2) is 17.3 Å². The van der Waals surface area contributed by atoms with Crippen molar-refractivity contribution in [1.82, 2.24) is 24.5 Å². The van der Waals surface area contributed by atoms with Crippen LogP contribution in [-0.2, 0) is 16.1 Å². The van der Waals surface area contributed by atoms with Crippen LogP contribution in [0.3, 0.4) is 0 Å². The van der Waals surface area contributed by atoms with Gasteiger partial charge < -0.3 is 24.1 Å². The number of nitrogens with one attached hydrogen (secondary N) is 1. The zero-order valence-corrected chi connectivity index (χ0v) is 25.0. The number of hydrogen-bond donors (Lipinski definition) is 2. The average molecular weight is 616 g/mol. The SMILES string of the molecule is COc1ccc(/C=C/C(=O)/C=C/c2ccc(OCc3cn([C@H]4C[C@H](n5cc(C)c(=O)[nH]c5=O)O[C@@H]4CO)nn3)c(OC)c2)cc1. The first-order chi connectivity index (χ1) is 21.8. The Kier molecular flexibility index (Phi) is 9.70. The fourth-order valence-corrected chi connectivity index (χ4v) is 4.86. The number of H-pyrrole nitrogens is 1. The van der Waals surface area contributed by atoms with E-state index < -0.39 is 29.6 Å². The highest BCUT2D eigenvalue weighted by atomic mass is 16.5. The molecule has 2 N–H and O–H groups in total. The molecule has 0 aliphatic carbocycles. The Hall–Kier alpha value is -5.27. The van der Waals surface area contributed by atoms with Crippen molar-refractivity contribution in [2.24, 2.45) is 0 Å². The van der Waals surface area contributed by atoms with Crippen LogP contribution in [0.5, 0.6) is 17.2 Å². The number of aromatic amines is 1. The first kappa shape index (κ1) is 31.2. The van der Waals surface area contributed by atoms with Gasteiger partial charge in [-0.1, -0.05) is 35.6 Å². The summed E-state index contributed by atoms with van der Waals surface area (Å²) in [5, 5.41) is 18.3. The minimum Gasteiger partial charge on any atom is -0.497 e. The third-order valence-corrected chi connectivity index (χ3v) is 7.30. The van der Waals surface area contributed by atoms with Gasteiger partial charge >= 0.3 is 5.69 Å². The molecule has 3 atom stereocenters. The summed E-state index contributed by atoms with van der Waals surface area (Å²) < 4.78 is 25.4. The van der Waals surface area contributed by atoms with Crippen molar-refractivity contribution in [2.45, 2.75) is 38.3 Å². The van der Waals surface area contributed by atoms with E-state index in [9.17, 15) is 19.5 Å². The standard InChI is InChI=1S/C32H33N5O8/c1-20-16-36(32(41)33-31(20)40)30-15-26(29(18-38)45-30)37-17-23(34-35-37)19-44-27-13-8-22(14-28(27)43-3)5-10-24(39)9-4-21-6-11-25(42-2)12-7-21/h4-14,16-17,26,29-30,38H,15,18-19H2,1-3H3,(H,33,40,41)/b9-4+,10-5+/t26-,29+,30+/m0/s1. The van der Waals surface area contributed by atoms with Gasteiger partial charge in [-0.15, -0.1) is 5.10 Å². The molecule has 4 aromatic rings. The summed E-state index contributed by atoms with van der Waals surface area (Å²) in [7, 11) is 3.12. The molecule has 3 heterocycles. The molecule has 2 aromatic heterocycles. The lowest BCUT2D eigenvalue weighted by molar-refractivity contribution is -0.110. The van der Waals surface area contributed by atoms with Crippen LogP contribution in [0.4, 0.5) is 0 Å². The second-order valence-corrected chi connectivity index (χ2v) is 10.3. The second-order valence-electron chi connectivity index (χ2n) is 10.3. The first-order valence-electron chi connectivity index (χ1n) is 14.1. The van der Waals surface area contributed by atoms with Crippen LogP contribution in [-0.4, -0.2) is 62.4 Å². The van der Waals surface area contributed by atoms with Crippen LogP contribution in [0, 0.1) is 6.92 Å². The van der Waals surface area contributed by atoms with Gasteiger partial charge in [0.25, 0.3) is 5.56 Å². The topological polar surface area (TPSA) is 160 Å². The summed E-state index contributed by atoms with van der Waals surface area (Å²) in [4.78, 5) is 38.7.